The SMILES string of the molecule is CC(C)C(F)C(F)(F)C(F)(F)OC(=O)C=CC(=O)O. The van der Waals surface area contributed by atoms with Gasteiger partial charge in [-0.15, -0.1) is 0 Å². The first-order valence-corrected chi connectivity index (χ1v) is 4.95. The molecule has 0 aliphatic rings. The van der Waals surface area contributed by atoms with Gasteiger partial charge in [0.1, 0.15) is 0 Å². The van der Waals surface area contributed by atoms with Crippen molar-refractivity contribution in [2.75, 3.05) is 0 Å². The second-order valence-corrected chi connectivity index (χ2v) is 3.88. The van der Waals surface area contributed by atoms with Crippen molar-refractivity contribution >= 4 is 11.9 Å². The van der Waals surface area contributed by atoms with E-state index in [1.807, 2.05) is 0 Å². The fraction of sp³-hybridized carbons (Fsp3) is 0.600. The molecule has 0 saturated carbocycles. The third-order valence-electron chi connectivity index (χ3n) is 1.91. The van der Waals surface area contributed by atoms with Crippen molar-refractivity contribution in [3.05, 3.63) is 12.2 Å². The molecule has 1 N–H and O–H groups in total. The average Bonchev–Trinajstić information content (AvgIpc) is 2.24. The second kappa shape index (κ2) is 5.98. The Balaban J connectivity index is 4.96. The first kappa shape index (κ1) is 17.3. The smallest absolute Gasteiger partial charge is 0.469 e. The number of carboxylic acids is 1. The van der Waals surface area contributed by atoms with Gasteiger partial charge < -0.3 is 9.84 Å². The molecule has 0 fully saturated rings. The molecule has 0 heterocycles. The number of hydrogen-bond donors (Lipinski definition) is 1. The summed E-state index contributed by atoms with van der Waals surface area (Å²) in [4.78, 5) is 20.7. The summed E-state index contributed by atoms with van der Waals surface area (Å²) < 4.78 is 68.2. The van der Waals surface area contributed by atoms with Gasteiger partial charge in [0.2, 0.25) is 0 Å². The van der Waals surface area contributed by atoms with Gasteiger partial charge in [-0.2, -0.15) is 17.6 Å². The van der Waals surface area contributed by atoms with E-state index in [2.05, 4.69) is 4.74 Å². The van der Waals surface area contributed by atoms with E-state index in [4.69, 9.17) is 5.11 Å². The van der Waals surface area contributed by atoms with Gasteiger partial charge in [-0.3, -0.25) is 0 Å². The Labute approximate surface area is 104 Å². The molecule has 0 spiro atoms. The van der Waals surface area contributed by atoms with E-state index in [1.165, 1.54) is 0 Å². The van der Waals surface area contributed by atoms with Crippen LogP contribution in [-0.4, -0.2) is 35.2 Å². The summed E-state index contributed by atoms with van der Waals surface area (Å²) in [6, 6.07) is 0. The number of esters is 1. The van der Waals surface area contributed by atoms with Crippen LogP contribution in [0.3, 0.4) is 0 Å². The van der Waals surface area contributed by atoms with Crippen molar-refractivity contribution in [3.8, 4) is 0 Å². The Morgan fingerprint density at radius 3 is 2.00 bits per heavy atom. The molecule has 1 unspecified atom stereocenters. The fourth-order valence-corrected chi connectivity index (χ4v) is 0.947. The molecule has 0 saturated heterocycles. The largest absolute Gasteiger partial charge is 0.478 e. The number of carbonyl (C=O) groups excluding carboxylic acids is 1. The highest BCUT2D eigenvalue weighted by atomic mass is 19.3. The number of ether oxygens (including phenoxy) is 1. The van der Waals surface area contributed by atoms with E-state index in [-0.39, 0.29) is 12.2 Å². The number of rotatable bonds is 6. The van der Waals surface area contributed by atoms with Crippen LogP contribution in [0.1, 0.15) is 13.8 Å². The number of halogens is 5. The molecule has 4 nitrogen and oxygen atoms in total. The molecule has 0 aliphatic carbocycles. The quantitative estimate of drug-likeness (QED) is 0.463. The normalized spacial score (nSPS) is 14.7. The van der Waals surface area contributed by atoms with Gasteiger partial charge in [0.15, 0.2) is 6.17 Å². The van der Waals surface area contributed by atoms with E-state index in [9.17, 15) is 31.5 Å². The average molecular weight is 290 g/mol. The minimum absolute atomic E-state index is 0.00886. The maximum Gasteiger partial charge on any atom is 0.469 e. The Bertz CT molecular complexity index is 378. The van der Waals surface area contributed by atoms with Crippen LogP contribution in [0, 0.1) is 5.92 Å². The zero-order valence-corrected chi connectivity index (χ0v) is 9.87. The minimum Gasteiger partial charge on any atom is -0.478 e. The van der Waals surface area contributed by atoms with Gasteiger partial charge in [-0.05, 0) is 5.92 Å². The van der Waals surface area contributed by atoms with Crippen molar-refractivity contribution in [3.63, 3.8) is 0 Å². The maximum absolute atomic E-state index is 13.1. The Morgan fingerprint density at radius 1 is 1.16 bits per heavy atom. The van der Waals surface area contributed by atoms with Crippen LogP contribution in [-0.2, 0) is 14.3 Å². The first-order valence-electron chi connectivity index (χ1n) is 4.95. The summed E-state index contributed by atoms with van der Waals surface area (Å²) in [6.45, 7) is 1.89. The summed E-state index contributed by atoms with van der Waals surface area (Å²) in [5.74, 6) is -10.4. The summed E-state index contributed by atoms with van der Waals surface area (Å²) in [7, 11) is 0. The molecule has 0 amide bonds. The van der Waals surface area contributed by atoms with Gasteiger partial charge in [0.25, 0.3) is 0 Å². The highest BCUT2D eigenvalue weighted by molar-refractivity contribution is 5.90. The Kier molecular flexibility index (Phi) is 5.46. The van der Waals surface area contributed by atoms with Crippen molar-refractivity contribution in [2.45, 2.75) is 32.1 Å². The molecule has 9 heteroatoms. The molecule has 0 radical (unpaired) electrons. The molecule has 0 rings (SSSR count). The van der Waals surface area contributed by atoms with Crippen LogP contribution < -0.4 is 0 Å². The lowest BCUT2D eigenvalue weighted by atomic mass is 10.0. The first-order chi connectivity index (χ1) is 8.41. The molecule has 0 aliphatic heterocycles. The van der Waals surface area contributed by atoms with Crippen molar-refractivity contribution < 1.29 is 41.4 Å². The molecule has 0 aromatic carbocycles. The van der Waals surface area contributed by atoms with Gasteiger partial charge in [-0.25, -0.2) is 14.0 Å². The predicted octanol–water partition coefficient (Wildman–Crippen LogP) is 2.39. The third kappa shape index (κ3) is 4.49. The van der Waals surface area contributed by atoms with Crippen LogP contribution in [0.15, 0.2) is 12.2 Å². The van der Waals surface area contributed by atoms with Crippen LogP contribution in [0.4, 0.5) is 22.0 Å². The molecule has 0 aromatic rings. The lowest BCUT2D eigenvalue weighted by Gasteiger charge is -2.29. The zero-order valence-electron chi connectivity index (χ0n) is 9.87. The fourth-order valence-electron chi connectivity index (χ4n) is 0.947. The lowest BCUT2D eigenvalue weighted by molar-refractivity contribution is -0.347. The molecule has 110 valence electrons. The highest BCUT2D eigenvalue weighted by Crippen LogP contribution is 2.41. The van der Waals surface area contributed by atoms with Crippen LogP contribution in [0.5, 0.6) is 0 Å². The summed E-state index contributed by atoms with van der Waals surface area (Å²) in [6.07, 6.45) is -8.50. The standard InChI is InChI=1S/C10H11F5O4/c1-5(2)8(11)9(12,13)10(14,15)19-7(18)4-3-6(16)17/h3-5,8H,1-2H3,(H,16,17). The summed E-state index contributed by atoms with van der Waals surface area (Å²) in [5.41, 5.74) is 0. The number of hydrogen-bond acceptors (Lipinski definition) is 3. The van der Waals surface area contributed by atoms with E-state index in [0.29, 0.717) is 0 Å². The van der Waals surface area contributed by atoms with Gasteiger partial charge in [-0.1, -0.05) is 13.8 Å². The van der Waals surface area contributed by atoms with Crippen LogP contribution >= 0.6 is 0 Å². The number of carboxylic acid groups (broad SMARTS) is 1. The topological polar surface area (TPSA) is 63.6 Å². The Morgan fingerprint density at radius 2 is 1.63 bits per heavy atom. The minimum atomic E-state index is -5.39. The predicted molar refractivity (Wildman–Crippen MR) is 52.5 cm³/mol. The molecule has 0 bridgehead atoms. The molecule has 19 heavy (non-hydrogen) atoms. The number of aliphatic carboxylic acids is 1. The van der Waals surface area contributed by atoms with E-state index in [0.717, 1.165) is 13.8 Å². The van der Waals surface area contributed by atoms with Crippen molar-refractivity contribution in [2.24, 2.45) is 5.92 Å². The molecule has 1 atom stereocenters. The van der Waals surface area contributed by atoms with E-state index >= 15 is 0 Å². The monoisotopic (exact) mass is 290 g/mol. The van der Waals surface area contributed by atoms with Crippen LogP contribution in [0.25, 0.3) is 0 Å². The van der Waals surface area contributed by atoms with Crippen molar-refractivity contribution in [1.29, 1.82) is 0 Å². The van der Waals surface area contributed by atoms with E-state index in [1.54, 1.807) is 0 Å². The van der Waals surface area contributed by atoms with Gasteiger partial charge >= 0.3 is 24.0 Å². The number of alkyl halides is 5. The van der Waals surface area contributed by atoms with Crippen LogP contribution in [0.2, 0.25) is 0 Å². The highest BCUT2D eigenvalue weighted by Gasteiger charge is 2.66. The van der Waals surface area contributed by atoms with Gasteiger partial charge in [0.05, 0.1) is 0 Å². The molecular formula is C10H11F5O4. The molecular weight excluding hydrogens is 279 g/mol. The lowest BCUT2D eigenvalue weighted by Crippen LogP contribution is -2.52. The van der Waals surface area contributed by atoms with Crippen molar-refractivity contribution in [1.82, 2.24) is 0 Å². The summed E-state index contributed by atoms with van der Waals surface area (Å²) in [5, 5.41) is 8.09. The van der Waals surface area contributed by atoms with Gasteiger partial charge in [0, 0.05) is 12.2 Å². The maximum atomic E-state index is 13.1. The third-order valence-corrected chi connectivity index (χ3v) is 1.91. The Hall–Kier alpha value is -1.67. The number of carbonyl (C=O) groups is 2. The molecule has 0 aromatic heterocycles. The van der Waals surface area contributed by atoms with E-state index < -0.39 is 36.1 Å². The summed E-state index contributed by atoms with van der Waals surface area (Å²) >= 11 is 0. The zero-order chi connectivity index (χ0) is 15.4. The second-order valence-electron chi connectivity index (χ2n) is 3.88.